The van der Waals surface area contributed by atoms with E-state index >= 15 is 0 Å². The Balaban J connectivity index is 2.28. The minimum absolute atomic E-state index is 0.233. The van der Waals surface area contributed by atoms with E-state index in [4.69, 9.17) is 25.8 Å². The second-order valence-electron chi connectivity index (χ2n) is 14.1. The summed E-state index contributed by atoms with van der Waals surface area (Å²) in [5, 5.41) is 38.9. The minimum atomic E-state index is -0.949. The van der Waals surface area contributed by atoms with Gasteiger partial charge in [-0.3, -0.25) is 28.8 Å². The van der Waals surface area contributed by atoms with Crippen molar-refractivity contribution in [3.63, 3.8) is 0 Å². The summed E-state index contributed by atoms with van der Waals surface area (Å²) >= 11 is 0. The summed E-state index contributed by atoms with van der Waals surface area (Å²) in [5.41, 5.74) is 11.0. The number of carbonyl (C=O) groups excluding carboxylic acids is 5. The van der Waals surface area contributed by atoms with Crippen molar-refractivity contribution in [2.75, 3.05) is 66.6 Å². The number of hydroxylamine groups is 2. The van der Waals surface area contributed by atoms with Gasteiger partial charge in [-0.2, -0.15) is 5.06 Å². The van der Waals surface area contributed by atoms with Crippen molar-refractivity contribution >= 4 is 29.5 Å². The van der Waals surface area contributed by atoms with Crippen molar-refractivity contribution < 1.29 is 48.5 Å². The smallest absolute Gasteiger partial charge is 0.248 e. The van der Waals surface area contributed by atoms with Gasteiger partial charge >= 0.3 is 0 Å². The number of hydrogen-bond donors (Lipinski definition) is 10. The van der Waals surface area contributed by atoms with Gasteiger partial charge in [0.1, 0.15) is 43.2 Å². The minimum Gasteiger partial charge on any atom is -0.394 e. The van der Waals surface area contributed by atoms with Crippen LogP contribution in [0.2, 0.25) is 0 Å². The van der Waals surface area contributed by atoms with Gasteiger partial charge in [0.05, 0.1) is 12.7 Å². The molecule has 1 aliphatic heterocycles. The summed E-state index contributed by atoms with van der Waals surface area (Å²) in [4.78, 5) is 67.4. The Morgan fingerprint density at radius 2 is 1.40 bits per heavy atom. The third kappa shape index (κ3) is 20.6. The van der Waals surface area contributed by atoms with Crippen LogP contribution in [-0.4, -0.2) is 154 Å². The van der Waals surface area contributed by atoms with Crippen LogP contribution in [0.15, 0.2) is 0 Å². The summed E-state index contributed by atoms with van der Waals surface area (Å²) in [5.74, 6) is -2.74. The first kappa shape index (κ1) is 50.0. The number of methoxy groups -OCH3 is 1. The predicted octanol–water partition coefficient (Wildman–Crippen LogP) is -2.29. The lowest BCUT2D eigenvalue weighted by molar-refractivity contribution is -0.313. The highest BCUT2D eigenvalue weighted by atomic mass is 16.7. The maximum Gasteiger partial charge on any atom is 0.248 e. The van der Waals surface area contributed by atoms with Crippen molar-refractivity contribution in [1.29, 1.82) is 0 Å². The highest BCUT2D eigenvalue weighted by Gasteiger charge is 2.45. The molecule has 0 bridgehead atoms. The van der Waals surface area contributed by atoms with Crippen LogP contribution in [0.5, 0.6) is 0 Å². The molecule has 19 nitrogen and oxygen atoms in total. The standard InChI is InChI=1S/C36H71N9O10/c1-24-31(49)32(53-5)29(22-46)55-36(24)45(4)54-23-30(48)41-21-13-12-20-40-18-10-7-15-28(43-26(3)47)35(52)42-25(2)34(51)44-27(33(38)50)14-6-9-17-39-19-11-8-16-37/h24-25,27-29,31-32,36,39-40,46,49H,6-23,37H2,1-5H3,(H2,38,50)(H,41,48)(H,42,52)(H,43,47)(H,44,51)/t24-,25+,27+,28+,29-,31-,32+,36-/m1/s1. The number of nitrogens with zero attached hydrogens (tertiary/aromatic N) is 1. The highest BCUT2D eigenvalue weighted by Crippen LogP contribution is 2.29. The number of ether oxygens (including phenoxy) is 2. The van der Waals surface area contributed by atoms with E-state index in [2.05, 4.69) is 31.9 Å². The third-order valence-corrected chi connectivity index (χ3v) is 9.42. The van der Waals surface area contributed by atoms with E-state index in [0.29, 0.717) is 45.3 Å². The van der Waals surface area contributed by atoms with Crippen LogP contribution in [-0.2, 0) is 38.3 Å². The first-order valence-corrected chi connectivity index (χ1v) is 19.7. The van der Waals surface area contributed by atoms with Crippen molar-refractivity contribution in [3.05, 3.63) is 0 Å². The number of unbranched alkanes of at least 4 members (excludes halogenated alkanes) is 4. The lowest BCUT2D eigenvalue weighted by atomic mass is 9.91. The van der Waals surface area contributed by atoms with Crippen LogP contribution in [0.4, 0.5) is 0 Å². The molecule has 1 rings (SSSR count). The first-order valence-electron chi connectivity index (χ1n) is 19.7. The van der Waals surface area contributed by atoms with Gasteiger partial charge in [-0.05, 0) is 104 Å². The molecule has 0 aromatic heterocycles. The molecule has 5 amide bonds. The number of aliphatic hydroxyl groups excluding tert-OH is 2. The van der Waals surface area contributed by atoms with Crippen LogP contribution in [0.25, 0.3) is 0 Å². The molecule has 1 aliphatic rings. The van der Waals surface area contributed by atoms with Gasteiger partial charge in [-0.15, -0.1) is 0 Å². The Kier molecular flexibility index (Phi) is 26.6. The fourth-order valence-corrected chi connectivity index (χ4v) is 6.13. The zero-order valence-corrected chi connectivity index (χ0v) is 33.6. The lowest BCUT2D eigenvalue weighted by Gasteiger charge is -2.45. The Bertz CT molecular complexity index is 1120. The fourth-order valence-electron chi connectivity index (χ4n) is 6.13. The molecule has 8 atom stereocenters. The van der Waals surface area contributed by atoms with Crippen LogP contribution in [0, 0.1) is 5.92 Å². The number of primary amides is 1. The quantitative estimate of drug-likeness (QED) is 0.0262. The molecule has 0 aliphatic carbocycles. The third-order valence-electron chi connectivity index (χ3n) is 9.42. The molecule has 0 aromatic carbocycles. The van der Waals surface area contributed by atoms with Gasteiger partial charge in [0.15, 0.2) is 0 Å². The zero-order chi connectivity index (χ0) is 41.2. The number of nitrogens with two attached hydrogens (primary N) is 2. The molecule has 320 valence electrons. The maximum atomic E-state index is 13.0. The second kappa shape index (κ2) is 29.3. The zero-order valence-electron chi connectivity index (χ0n) is 33.6. The molecule has 1 fully saturated rings. The number of hydrogen-bond acceptors (Lipinski definition) is 14. The molecule has 0 aromatic rings. The Morgan fingerprint density at radius 3 is 1.95 bits per heavy atom. The molecule has 19 heteroatoms. The van der Waals surface area contributed by atoms with E-state index in [-0.39, 0.29) is 25.0 Å². The van der Waals surface area contributed by atoms with E-state index in [0.717, 1.165) is 58.2 Å². The molecule has 12 N–H and O–H groups in total. The van der Waals surface area contributed by atoms with E-state index in [1.54, 1.807) is 14.0 Å². The molecular formula is C36H71N9O10. The average molecular weight is 790 g/mol. The molecule has 0 radical (unpaired) electrons. The van der Waals surface area contributed by atoms with Crippen molar-refractivity contribution in [1.82, 2.24) is 37.0 Å². The number of carbonyl (C=O) groups is 5. The monoisotopic (exact) mass is 790 g/mol. The largest absolute Gasteiger partial charge is 0.394 e. The van der Waals surface area contributed by atoms with Crippen LogP contribution >= 0.6 is 0 Å². The van der Waals surface area contributed by atoms with Crippen molar-refractivity contribution in [3.8, 4) is 0 Å². The van der Waals surface area contributed by atoms with E-state index in [1.165, 1.54) is 26.0 Å². The maximum absolute atomic E-state index is 13.0. The Morgan fingerprint density at radius 1 is 0.836 bits per heavy atom. The fraction of sp³-hybridized carbons (Fsp3) is 0.861. The molecule has 1 heterocycles. The molecule has 1 saturated heterocycles. The molecule has 0 unspecified atom stereocenters. The Labute approximate surface area is 326 Å². The summed E-state index contributed by atoms with van der Waals surface area (Å²) in [6, 6.07) is -2.63. The normalized spacial score (nSPS) is 21.4. The van der Waals surface area contributed by atoms with Gasteiger partial charge < -0.3 is 63.1 Å². The van der Waals surface area contributed by atoms with E-state index in [1.807, 2.05) is 0 Å². The topological polar surface area (TPSA) is 281 Å². The SMILES string of the molecule is CO[C@@H]1[C@H](O)[C@@H](C)[C@H](N(C)OCC(=O)NCCCCNCCCC[C@H](NC(C)=O)C(=O)N[C@@H](C)C(=O)N[C@@H](CCCCNCCCCN)C(N)=O)O[C@@H]1CO. The van der Waals surface area contributed by atoms with Crippen LogP contribution < -0.4 is 43.4 Å². The first-order chi connectivity index (χ1) is 26.3. The molecule has 0 spiro atoms. The van der Waals surface area contributed by atoms with E-state index < -0.39 is 66.3 Å². The van der Waals surface area contributed by atoms with Gasteiger partial charge in [-0.25, -0.2) is 0 Å². The van der Waals surface area contributed by atoms with Crippen LogP contribution in [0.1, 0.15) is 85.0 Å². The summed E-state index contributed by atoms with van der Waals surface area (Å²) in [6.07, 6.45) is 4.19. The predicted molar refractivity (Wildman–Crippen MR) is 206 cm³/mol. The van der Waals surface area contributed by atoms with Crippen molar-refractivity contribution in [2.24, 2.45) is 17.4 Å². The van der Waals surface area contributed by atoms with Gasteiger partial charge in [-0.1, -0.05) is 6.92 Å². The van der Waals surface area contributed by atoms with Gasteiger partial charge in [0.25, 0.3) is 0 Å². The van der Waals surface area contributed by atoms with Gasteiger partial charge in [0, 0.05) is 33.5 Å². The summed E-state index contributed by atoms with van der Waals surface area (Å²) in [7, 11) is 3.04. The molecule has 55 heavy (non-hydrogen) atoms. The van der Waals surface area contributed by atoms with Crippen molar-refractivity contribution in [2.45, 2.75) is 128 Å². The number of amides is 5. The van der Waals surface area contributed by atoms with Crippen LogP contribution in [0.3, 0.4) is 0 Å². The van der Waals surface area contributed by atoms with Gasteiger partial charge in [0.2, 0.25) is 29.5 Å². The highest BCUT2D eigenvalue weighted by molar-refractivity contribution is 5.93. The summed E-state index contributed by atoms with van der Waals surface area (Å²) in [6.45, 7) is 8.24. The number of nitrogens with one attached hydrogen (secondary N) is 6. The molecular weight excluding hydrogens is 718 g/mol. The lowest BCUT2D eigenvalue weighted by Crippen LogP contribution is -2.59. The van der Waals surface area contributed by atoms with E-state index in [9.17, 15) is 34.2 Å². The Hall–Kier alpha value is -3.01. The number of rotatable bonds is 31. The molecule has 0 saturated carbocycles. The number of aliphatic hydroxyl groups is 2. The average Bonchev–Trinajstić information content (AvgIpc) is 3.15. The second-order valence-corrected chi connectivity index (χ2v) is 14.1. The summed E-state index contributed by atoms with van der Waals surface area (Å²) < 4.78 is 11.1.